The number of hydrogen-bond acceptors (Lipinski definition) is 13. The Labute approximate surface area is 337 Å². The molecule has 0 fully saturated rings. The maximum Gasteiger partial charge on any atom is 0.474 e. The van der Waals surface area contributed by atoms with E-state index < -0.39 is 15.6 Å². The molecule has 0 aromatic heterocycles. The monoisotopic (exact) mass is 837 g/mol. The Balaban J connectivity index is 0.000000918. The Bertz CT molecular complexity index is 1390. The highest BCUT2D eigenvalue weighted by Crippen LogP contribution is 2.49. The van der Waals surface area contributed by atoms with Crippen LogP contribution in [0.5, 0.6) is 23.0 Å². The third-order valence-corrected chi connectivity index (χ3v) is 11.6. The molecular weight excluding hydrogens is 762 g/mol. The van der Waals surface area contributed by atoms with Gasteiger partial charge in [0.25, 0.3) is 0 Å². The normalized spacial score (nSPS) is 12.8. The van der Waals surface area contributed by atoms with Crippen molar-refractivity contribution in [2.45, 2.75) is 97.3 Å². The van der Waals surface area contributed by atoms with Gasteiger partial charge < -0.3 is 29.8 Å². The highest BCUT2D eigenvalue weighted by Gasteiger charge is 2.26. The zero-order chi connectivity index (χ0) is 42.5. The topological polar surface area (TPSA) is 174 Å². The van der Waals surface area contributed by atoms with Gasteiger partial charge in [0.2, 0.25) is 0 Å². The molecule has 0 bridgehead atoms. The molecule has 0 heterocycles. The summed E-state index contributed by atoms with van der Waals surface area (Å²) in [5.41, 5.74) is 1.70. The molecule has 16 heteroatoms. The predicted octanol–water partition coefficient (Wildman–Crippen LogP) is 9.44. The summed E-state index contributed by atoms with van der Waals surface area (Å²) >= 11 is 0. The number of aryl methyl sites for hydroxylation is 2. The molecule has 0 aliphatic heterocycles. The first kappa shape index (κ1) is 53.8. The summed E-state index contributed by atoms with van der Waals surface area (Å²) in [6, 6.07) is 9.25. The fraction of sp³-hybridized carbons (Fsp3) is 0.700. The number of likely N-dealkylation sites (N-methyl/N-ethyl adjacent to an activating group) is 1. The highest BCUT2D eigenvalue weighted by molar-refractivity contribution is 7.48. The zero-order valence-corrected chi connectivity index (χ0v) is 37.5. The third-order valence-electron chi connectivity index (χ3n) is 8.74. The molecule has 0 spiro atoms. The van der Waals surface area contributed by atoms with Crippen molar-refractivity contribution in [1.29, 1.82) is 0 Å². The first-order valence-corrected chi connectivity index (χ1v) is 22.7. The predicted molar refractivity (Wildman–Crippen MR) is 224 cm³/mol. The Morgan fingerprint density at radius 2 is 0.982 bits per heavy atom. The van der Waals surface area contributed by atoms with Gasteiger partial charge in [0, 0.05) is 21.3 Å². The molecule has 326 valence electrons. The van der Waals surface area contributed by atoms with Gasteiger partial charge in [0.05, 0.1) is 33.9 Å². The number of nitrogens with zero attached hydrogens (tertiary/aromatic N) is 2. The van der Waals surface area contributed by atoms with Crippen molar-refractivity contribution in [1.82, 2.24) is 4.90 Å². The molecule has 0 radical (unpaired) electrons. The van der Waals surface area contributed by atoms with E-state index in [1.165, 1.54) is 110 Å². The molecule has 0 saturated carbocycles. The molecule has 1 unspecified atom stereocenters. The first-order chi connectivity index (χ1) is 26.5. The Morgan fingerprint density at radius 3 is 1.41 bits per heavy atom. The SMILES string of the molecule is CCCCCCCN(C)C.CCCCCC[N+](C)(C)CCOP(=O)(OC)OCCCc1ccc(O)c(O)c1.COP(=O)(OC)OCCCc1ccc(O)c(O)c1. The summed E-state index contributed by atoms with van der Waals surface area (Å²) in [6.45, 7) is 8.22. The molecule has 14 nitrogen and oxygen atoms in total. The van der Waals surface area contributed by atoms with E-state index >= 15 is 0 Å². The summed E-state index contributed by atoms with van der Waals surface area (Å²) in [4.78, 5) is 2.26. The van der Waals surface area contributed by atoms with Crippen molar-refractivity contribution in [3.8, 4) is 23.0 Å². The fourth-order valence-electron chi connectivity index (χ4n) is 5.19. The molecule has 4 N–H and O–H groups in total. The number of unbranched alkanes of at least 4 members (excludes halogenated alkanes) is 7. The lowest BCUT2D eigenvalue weighted by molar-refractivity contribution is -0.890. The van der Waals surface area contributed by atoms with Crippen LogP contribution in [0.4, 0.5) is 0 Å². The summed E-state index contributed by atoms with van der Waals surface area (Å²) in [7, 11) is 5.41. The number of aromatic hydroxyl groups is 4. The smallest absolute Gasteiger partial charge is 0.474 e. The Kier molecular flexibility index (Phi) is 29.6. The van der Waals surface area contributed by atoms with Crippen molar-refractivity contribution in [3.63, 3.8) is 0 Å². The van der Waals surface area contributed by atoms with Gasteiger partial charge in [-0.3, -0.25) is 27.1 Å². The van der Waals surface area contributed by atoms with E-state index in [-0.39, 0.29) is 36.2 Å². The van der Waals surface area contributed by atoms with E-state index in [0.717, 1.165) is 28.7 Å². The lowest BCUT2D eigenvalue weighted by Crippen LogP contribution is -2.42. The van der Waals surface area contributed by atoms with Gasteiger partial charge in [-0.1, -0.05) is 64.5 Å². The van der Waals surface area contributed by atoms with E-state index in [2.05, 4.69) is 56.0 Å². The van der Waals surface area contributed by atoms with Gasteiger partial charge in [0.15, 0.2) is 23.0 Å². The van der Waals surface area contributed by atoms with Crippen molar-refractivity contribution in [3.05, 3.63) is 47.5 Å². The molecule has 0 aliphatic rings. The largest absolute Gasteiger partial charge is 0.504 e. The quantitative estimate of drug-likeness (QED) is 0.0277. The zero-order valence-electron chi connectivity index (χ0n) is 35.7. The molecule has 0 aliphatic carbocycles. The lowest BCUT2D eigenvalue weighted by Gasteiger charge is -2.30. The molecule has 1 atom stereocenters. The van der Waals surface area contributed by atoms with Crippen LogP contribution >= 0.6 is 15.6 Å². The number of hydrogen-bond donors (Lipinski definition) is 4. The molecule has 56 heavy (non-hydrogen) atoms. The lowest BCUT2D eigenvalue weighted by atomic mass is 10.1. The van der Waals surface area contributed by atoms with Crippen molar-refractivity contribution in [2.75, 3.05) is 89.0 Å². The minimum Gasteiger partial charge on any atom is -0.504 e. The number of phenolic OH excluding ortho intramolecular Hbond substituents is 4. The number of phosphoric acid groups is 2. The minimum absolute atomic E-state index is 0.149. The van der Waals surface area contributed by atoms with Gasteiger partial charge in [0.1, 0.15) is 13.2 Å². The Hall–Kier alpha value is -2.22. The van der Waals surface area contributed by atoms with Crippen LogP contribution in [0.2, 0.25) is 0 Å². The molecule has 2 aromatic carbocycles. The molecule has 2 rings (SSSR count). The average Bonchev–Trinajstić information content (AvgIpc) is 3.16. The molecule has 0 saturated heterocycles. The number of phosphoric ester groups is 2. The van der Waals surface area contributed by atoms with E-state index in [4.69, 9.17) is 23.2 Å². The van der Waals surface area contributed by atoms with Crippen molar-refractivity contribution in [2.24, 2.45) is 0 Å². The highest BCUT2D eigenvalue weighted by atomic mass is 31.2. The van der Waals surface area contributed by atoms with Crippen LogP contribution in [-0.2, 0) is 49.1 Å². The first-order valence-electron chi connectivity index (χ1n) is 19.8. The van der Waals surface area contributed by atoms with Gasteiger partial charge in [-0.15, -0.1) is 0 Å². The van der Waals surface area contributed by atoms with Crippen LogP contribution < -0.4 is 0 Å². The summed E-state index contributed by atoms with van der Waals surface area (Å²) in [5.74, 6) is -0.616. The van der Waals surface area contributed by atoms with E-state index in [9.17, 15) is 24.4 Å². The maximum absolute atomic E-state index is 12.5. The van der Waals surface area contributed by atoms with Gasteiger partial charge >= 0.3 is 15.6 Å². The van der Waals surface area contributed by atoms with Crippen molar-refractivity contribution < 1.29 is 61.2 Å². The van der Waals surface area contributed by atoms with Crippen molar-refractivity contribution >= 4 is 15.6 Å². The summed E-state index contributed by atoms with van der Waals surface area (Å²) in [6.07, 6.45) is 14.2. The second-order valence-electron chi connectivity index (χ2n) is 14.5. The molecule has 0 amide bonds. The third kappa shape index (κ3) is 26.7. The number of rotatable bonds is 28. The van der Waals surface area contributed by atoms with Gasteiger partial charge in [-0.05, 0) is 101 Å². The van der Waals surface area contributed by atoms with Crippen LogP contribution in [-0.4, -0.2) is 119 Å². The fourth-order valence-corrected chi connectivity index (χ4v) is 6.84. The number of phenols is 4. The van der Waals surface area contributed by atoms with Gasteiger partial charge in [-0.2, -0.15) is 0 Å². The maximum atomic E-state index is 12.5. The van der Waals surface area contributed by atoms with Crippen LogP contribution in [0.3, 0.4) is 0 Å². The number of benzene rings is 2. The number of quaternary nitrogens is 1. The van der Waals surface area contributed by atoms with E-state index in [1.807, 2.05) is 0 Å². The Morgan fingerprint density at radius 1 is 0.554 bits per heavy atom. The minimum atomic E-state index is -3.56. The second-order valence-corrected chi connectivity index (χ2v) is 18.1. The summed E-state index contributed by atoms with van der Waals surface area (Å²) in [5, 5.41) is 37.3. The van der Waals surface area contributed by atoms with Gasteiger partial charge in [-0.25, -0.2) is 9.13 Å². The van der Waals surface area contributed by atoms with Crippen LogP contribution in [0.15, 0.2) is 36.4 Å². The second kappa shape index (κ2) is 30.8. The van der Waals surface area contributed by atoms with Crippen LogP contribution in [0.1, 0.15) is 95.6 Å². The molecule has 2 aromatic rings. The van der Waals surface area contributed by atoms with E-state index in [1.54, 1.807) is 12.1 Å². The average molecular weight is 838 g/mol. The standard InChI is InChI=1S/C20H36NO6P.C11H17O6P.C9H21N/c1-5-6-7-8-13-21(2,3)14-16-27-28(24,25-4)26-15-9-10-18-11-12-19(22)20(23)17-18;1-15-18(14,16-2)17-7-3-4-9-5-6-10(12)11(13)8-9;1-4-5-6-7-8-9-10(2)3/h11-12,17H,5-10,13-16H2,1-4H3,(H-,22,23);5-6,8,12-13H,3-4,7H2,1-2H3;4-9H2,1-3H3/p+1. The van der Waals surface area contributed by atoms with Crippen LogP contribution in [0, 0.1) is 0 Å². The van der Waals surface area contributed by atoms with E-state index in [0.29, 0.717) is 32.3 Å². The summed E-state index contributed by atoms with van der Waals surface area (Å²) < 4.78 is 54.9. The molecular formula is C40H75N2O12P2+. The van der Waals surface area contributed by atoms with Crippen LogP contribution in [0.25, 0.3) is 0 Å².